The minimum Gasteiger partial charge on any atom is -0.462 e. The average molecular weight is 1100 g/mol. The third kappa shape index (κ3) is 64.8. The Hall–Kier alpha value is -3.93. The fourth-order valence-corrected chi connectivity index (χ4v) is 9.30. The fraction of sp³-hybridized carbons (Fsp3) is 0.712. The lowest BCUT2D eigenvalue weighted by Gasteiger charge is -2.18. The molecule has 0 aliphatic heterocycles. The summed E-state index contributed by atoms with van der Waals surface area (Å²) in [5.74, 6) is -0.929. The van der Waals surface area contributed by atoms with Gasteiger partial charge < -0.3 is 14.2 Å². The van der Waals surface area contributed by atoms with Crippen molar-refractivity contribution in [2.45, 2.75) is 322 Å². The molecule has 0 rings (SSSR count). The van der Waals surface area contributed by atoms with Gasteiger partial charge in [0, 0.05) is 19.3 Å². The lowest BCUT2D eigenvalue weighted by molar-refractivity contribution is -0.167. The number of hydrogen-bond donors (Lipinski definition) is 0. The molecule has 0 heterocycles. The minimum absolute atomic E-state index is 0.0916. The zero-order valence-corrected chi connectivity index (χ0v) is 51.9. The SMILES string of the molecule is CC/C=C\C/C=C\C/C=C\C/C=C\CCCCCCCCCCCCCCCCCCC(=O)OCC(COC(=O)CCCC/C=C\C/C=C\C/C=C\C/C=C\CC)OC(=O)CCCCCCCCC/C=C\CCCCCCCC. The van der Waals surface area contributed by atoms with Crippen LogP contribution in [0.3, 0.4) is 0 Å². The van der Waals surface area contributed by atoms with Crippen molar-refractivity contribution in [1.82, 2.24) is 0 Å². The first-order valence-electron chi connectivity index (χ1n) is 33.4. The van der Waals surface area contributed by atoms with Crippen molar-refractivity contribution in [1.29, 1.82) is 0 Å². The summed E-state index contributed by atoms with van der Waals surface area (Å²) in [6, 6.07) is 0. The van der Waals surface area contributed by atoms with Crippen LogP contribution in [0, 0.1) is 0 Å². The molecule has 0 radical (unpaired) electrons. The molecule has 0 aromatic heterocycles. The lowest BCUT2D eigenvalue weighted by Crippen LogP contribution is -2.30. The molecule has 0 saturated carbocycles. The summed E-state index contributed by atoms with van der Waals surface area (Å²) in [5.41, 5.74) is 0. The van der Waals surface area contributed by atoms with Gasteiger partial charge in [-0.15, -0.1) is 0 Å². The standard InChI is InChI=1S/C73H124O6/c1-4-7-10-13-16-19-22-25-28-30-31-32-33-34-35-36-37-38-39-40-41-43-45-48-51-54-57-60-63-66-72(75)78-69-70(68-77-71(74)65-62-59-56-53-50-47-44-27-24-21-18-15-12-9-6-3)79-73(76)67-64-61-58-55-52-49-46-42-29-26-23-20-17-14-11-8-5-2/h7,9-10,12,16,18-19,21,25-29,31-32,44,50,53,70H,4-6,8,11,13-15,17,20,22-24,30,33-43,45-49,51-52,54-69H2,1-3H3/b10-7-,12-9-,19-16-,21-18-,28-25-,29-26-,32-31-,44-27-,53-50-. The number of esters is 3. The molecular weight excluding hydrogens is 973 g/mol. The van der Waals surface area contributed by atoms with Crippen LogP contribution in [0.5, 0.6) is 0 Å². The molecule has 1 atom stereocenters. The summed E-state index contributed by atoms with van der Waals surface area (Å²) in [6.07, 6.45) is 91.1. The molecule has 1 unspecified atom stereocenters. The van der Waals surface area contributed by atoms with Gasteiger partial charge in [0.15, 0.2) is 6.10 Å². The Morgan fingerprint density at radius 2 is 0.494 bits per heavy atom. The molecule has 79 heavy (non-hydrogen) atoms. The van der Waals surface area contributed by atoms with Crippen molar-refractivity contribution < 1.29 is 28.6 Å². The van der Waals surface area contributed by atoms with Crippen LogP contribution in [-0.2, 0) is 28.6 Å². The van der Waals surface area contributed by atoms with E-state index in [2.05, 4.69) is 130 Å². The Morgan fingerprint density at radius 3 is 0.810 bits per heavy atom. The smallest absolute Gasteiger partial charge is 0.306 e. The number of ether oxygens (including phenoxy) is 3. The Morgan fingerprint density at radius 1 is 0.266 bits per heavy atom. The minimum atomic E-state index is -0.799. The first-order chi connectivity index (χ1) is 39.0. The van der Waals surface area contributed by atoms with Crippen molar-refractivity contribution in [2.75, 3.05) is 13.2 Å². The Kier molecular flexibility index (Phi) is 63.3. The molecule has 0 aromatic carbocycles. The molecule has 0 aromatic rings. The van der Waals surface area contributed by atoms with E-state index in [-0.39, 0.29) is 31.1 Å². The molecule has 0 bridgehead atoms. The molecule has 0 aliphatic rings. The van der Waals surface area contributed by atoms with Crippen molar-refractivity contribution in [3.8, 4) is 0 Å². The highest BCUT2D eigenvalue weighted by atomic mass is 16.6. The number of rotatable bonds is 60. The van der Waals surface area contributed by atoms with E-state index in [1.807, 2.05) is 0 Å². The van der Waals surface area contributed by atoms with E-state index in [0.29, 0.717) is 19.3 Å². The second kappa shape index (κ2) is 66.6. The fourth-order valence-electron chi connectivity index (χ4n) is 9.30. The molecule has 452 valence electrons. The zero-order valence-electron chi connectivity index (χ0n) is 51.9. The molecule has 6 heteroatoms. The Labute approximate surface area is 489 Å². The third-order valence-electron chi connectivity index (χ3n) is 14.2. The molecular formula is C73H124O6. The van der Waals surface area contributed by atoms with Gasteiger partial charge in [0.05, 0.1) is 0 Å². The number of carbonyl (C=O) groups is 3. The maximum absolute atomic E-state index is 12.9. The monoisotopic (exact) mass is 1100 g/mol. The van der Waals surface area contributed by atoms with Gasteiger partial charge in [-0.05, 0) is 122 Å². The number of allylic oxidation sites excluding steroid dienone is 18. The first kappa shape index (κ1) is 75.1. The highest BCUT2D eigenvalue weighted by Crippen LogP contribution is 2.17. The lowest BCUT2D eigenvalue weighted by atomic mass is 10.0. The quantitative estimate of drug-likeness (QED) is 0.0261. The van der Waals surface area contributed by atoms with Gasteiger partial charge in [0.1, 0.15) is 13.2 Å². The number of carbonyl (C=O) groups excluding carboxylic acids is 3. The van der Waals surface area contributed by atoms with Crippen LogP contribution in [0.25, 0.3) is 0 Å². The van der Waals surface area contributed by atoms with Crippen LogP contribution >= 0.6 is 0 Å². The van der Waals surface area contributed by atoms with Crippen LogP contribution in [-0.4, -0.2) is 37.2 Å². The third-order valence-corrected chi connectivity index (χ3v) is 14.2. The Balaban J connectivity index is 4.29. The molecule has 0 amide bonds. The average Bonchev–Trinajstić information content (AvgIpc) is 3.45. The van der Waals surface area contributed by atoms with Gasteiger partial charge in [-0.1, -0.05) is 284 Å². The number of hydrogen-bond acceptors (Lipinski definition) is 6. The highest BCUT2D eigenvalue weighted by molar-refractivity contribution is 5.71. The van der Waals surface area contributed by atoms with Gasteiger partial charge in [0.2, 0.25) is 0 Å². The summed E-state index contributed by atoms with van der Waals surface area (Å²) in [5, 5.41) is 0. The van der Waals surface area contributed by atoms with Crippen LogP contribution in [0.1, 0.15) is 316 Å². The van der Waals surface area contributed by atoms with Crippen molar-refractivity contribution in [3.63, 3.8) is 0 Å². The van der Waals surface area contributed by atoms with E-state index in [4.69, 9.17) is 14.2 Å². The molecule has 0 fully saturated rings. The second-order valence-corrected chi connectivity index (χ2v) is 22.0. The summed E-state index contributed by atoms with van der Waals surface area (Å²) >= 11 is 0. The van der Waals surface area contributed by atoms with Gasteiger partial charge in [0.25, 0.3) is 0 Å². The summed E-state index contributed by atoms with van der Waals surface area (Å²) in [7, 11) is 0. The topological polar surface area (TPSA) is 78.9 Å². The molecule has 0 saturated heterocycles. The van der Waals surface area contributed by atoms with Crippen molar-refractivity contribution in [2.24, 2.45) is 0 Å². The predicted octanol–water partition coefficient (Wildman–Crippen LogP) is 23.0. The van der Waals surface area contributed by atoms with Crippen molar-refractivity contribution >= 4 is 17.9 Å². The van der Waals surface area contributed by atoms with Crippen molar-refractivity contribution in [3.05, 3.63) is 109 Å². The molecule has 6 nitrogen and oxygen atoms in total. The first-order valence-corrected chi connectivity index (χ1v) is 33.4. The second-order valence-electron chi connectivity index (χ2n) is 22.0. The maximum Gasteiger partial charge on any atom is 0.306 e. The maximum atomic E-state index is 12.9. The number of unbranched alkanes of at least 4 members (excludes halogenated alkanes) is 31. The summed E-state index contributed by atoms with van der Waals surface area (Å²) < 4.78 is 16.9. The largest absolute Gasteiger partial charge is 0.462 e. The van der Waals surface area contributed by atoms with E-state index in [0.717, 1.165) is 109 Å². The zero-order chi connectivity index (χ0) is 57.1. The van der Waals surface area contributed by atoms with Crippen LogP contribution in [0.2, 0.25) is 0 Å². The van der Waals surface area contributed by atoms with Crippen LogP contribution < -0.4 is 0 Å². The Bertz CT molecular complexity index is 1590. The highest BCUT2D eigenvalue weighted by Gasteiger charge is 2.19. The molecule has 0 aliphatic carbocycles. The van der Waals surface area contributed by atoms with E-state index in [9.17, 15) is 14.4 Å². The molecule has 0 N–H and O–H groups in total. The summed E-state index contributed by atoms with van der Waals surface area (Å²) in [4.78, 5) is 38.3. The van der Waals surface area contributed by atoms with Gasteiger partial charge >= 0.3 is 17.9 Å². The van der Waals surface area contributed by atoms with Crippen LogP contribution in [0.4, 0.5) is 0 Å². The molecule has 0 spiro atoms. The van der Waals surface area contributed by atoms with Gasteiger partial charge in [-0.3, -0.25) is 14.4 Å². The summed E-state index contributed by atoms with van der Waals surface area (Å²) in [6.45, 7) is 6.40. The van der Waals surface area contributed by atoms with E-state index < -0.39 is 6.10 Å². The van der Waals surface area contributed by atoms with E-state index >= 15 is 0 Å². The van der Waals surface area contributed by atoms with Gasteiger partial charge in [-0.2, -0.15) is 0 Å². The normalized spacial score (nSPS) is 12.8. The van der Waals surface area contributed by atoms with E-state index in [1.165, 1.54) is 167 Å². The van der Waals surface area contributed by atoms with Gasteiger partial charge in [-0.25, -0.2) is 0 Å². The predicted molar refractivity (Wildman–Crippen MR) is 343 cm³/mol. The van der Waals surface area contributed by atoms with E-state index in [1.54, 1.807) is 0 Å². The van der Waals surface area contributed by atoms with Crippen LogP contribution in [0.15, 0.2) is 109 Å².